The van der Waals surface area contributed by atoms with Gasteiger partial charge < -0.3 is 9.26 Å². The molecule has 1 unspecified atom stereocenters. The highest BCUT2D eigenvalue weighted by molar-refractivity contribution is 7.15. The number of thiophene rings is 1. The largest absolute Gasteiger partial charge is 0.370 e. The monoisotopic (exact) mass is 277 g/mol. The first-order valence-corrected chi connectivity index (χ1v) is 6.92. The van der Waals surface area contributed by atoms with E-state index in [2.05, 4.69) is 30.1 Å². The number of ether oxygens (including phenoxy) is 1. The third-order valence-electron chi connectivity index (χ3n) is 2.57. The number of nitrogens with zero attached hydrogens (tertiary/aromatic N) is 3. The van der Waals surface area contributed by atoms with Crippen LogP contribution in [0.1, 0.15) is 37.6 Å². The molecule has 0 amide bonds. The van der Waals surface area contributed by atoms with E-state index in [0.29, 0.717) is 23.2 Å². The van der Waals surface area contributed by atoms with E-state index in [1.807, 2.05) is 13.0 Å². The summed E-state index contributed by atoms with van der Waals surface area (Å²) < 4.78 is 10.9. The third kappa shape index (κ3) is 3.00. The first kappa shape index (κ1) is 13.7. The molecule has 2 heterocycles. The van der Waals surface area contributed by atoms with Gasteiger partial charge in [-0.05, 0) is 25.0 Å². The summed E-state index contributed by atoms with van der Waals surface area (Å²) in [5, 5.41) is 12.8. The van der Waals surface area contributed by atoms with Crippen molar-refractivity contribution in [1.29, 1.82) is 5.26 Å². The molecule has 19 heavy (non-hydrogen) atoms. The van der Waals surface area contributed by atoms with Crippen molar-refractivity contribution < 1.29 is 9.26 Å². The van der Waals surface area contributed by atoms with Gasteiger partial charge in [-0.1, -0.05) is 19.0 Å². The number of rotatable bonds is 5. The van der Waals surface area contributed by atoms with Crippen LogP contribution in [0.2, 0.25) is 0 Å². The molecule has 6 heteroatoms. The van der Waals surface area contributed by atoms with Gasteiger partial charge in [-0.15, -0.1) is 11.3 Å². The van der Waals surface area contributed by atoms with Crippen LogP contribution in [0.5, 0.6) is 0 Å². The third-order valence-corrected chi connectivity index (χ3v) is 3.55. The van der Waals surface area contributed by atoms with Crippen molar-refractivity contribution in [1.82, 2.24) is 10.1 Å². The number of nitriles is 1. The van der Waals surface area contributed by atoms with Crippen molar-refractivity contribution in [3.8, 4) is 16.8 Å². The van der Waals surface area contributed by atoms with Crippen molar-refractivity contribution in [2.75, 3.05) is 6.61 Å². The van der Waals surface area contributed by atoms with E-state index in [1.165, 1.54) is 11.3 Å². The predicted molar refractivity (Wildman–Crippen MR) is 71.5 cm³/mol. The Morgan fingerprint density at radius 3 is 2.84 bits per heavy atom. The van der Waals surface area contributed by atoms with Gasteiger partial charge in [-0.2, -0.15) is 10.2 Å². The van der Waals surface area contributed by atoms with Crippen molar-refractivity contribution in [2.45, 2.75) is 26.9 Å². The van der Waals surface area contributed by atoms with Crippen LogP contribution in [0.25, 0.3) is 10.8 Å². The molecule has 0 fully saturated rings. The second kappa shape index (κ2) is 5.95. The molecule has 0 aliphatic carbocycles. The fourth-order valence-electron chi connectivity index (χ4n) is 1.71. The first-order chi connectivity index (χ1) is 9.15. The molecule has 2 aromatic heterocycles. The molecule has 0 saturated heterocycles. The van der Waals surface area contributed by atoms with Gasteiger partial charge in [0.05, 0.1) is 4.88 Å². The number of aromatic nitrogens is 2. The summed E-state index contributed by atoms with van der Waals surface area (Å²) >= 11 is 1.33. The van der Waals surface area contributed by atoms with Crippen molar-refractivity contribution in [3.05, 3.63) is 22.8 Å². The zero-order chi connectivity index (χ0) is 13.8. The molecular formula is C13H15N3O2S. The SMILES string of the molecule is CCOC(c1noc(-c2ccc(C#N)s2)n1)C(C)C. The fourth-order valence-corrected chi connectivity index (χ4v) is 2.43. The normalized spacial score (nSPS) is 12.6. The Kier molecular flexibility index (Phi) is 4.30. The van der Waals surface area contributed by atoms with E-state index >= 15 is 0 Å². The molecule has 5 nitrogen and oxygen atoms in total. The fraction of sp³-hybridized carbons (Fsp3) is 0.462. The molecule has 0 N–H and O–H groups in total. The van der Waals surface area contributed by atoms with Crippen LogP contribution in [0.3, 0.4) is 0 Å². The van der Waals surface area contributed by atoms with Crippen LogP contribution in [0.15, 0.2) is 16.7 Å². The van der Waals surface area contributed by atoms with Crippen molar-refractivity contribution in [2.24, 2.45) is 5.92 Å². The van der Waals surface area contributed by atoms with Gasteiger partial charge in [0.1, 0.15) is 17.1 Å². The van der Waals surface area contributed by atoms with E-state index in [0.717, 1.165) is 4.88 Å². The average molecular weight is 277 g/mol. The quantitative estimate of drug-likeness (QED) is 0.837. The topological polar surface area (TPSA) is 71.9 Å². The molecule has 0 aromatic carbocycles. The lowest BCUT2D eigenvalue weighted by Gasteiger charge is -2.16. The van der Waals surface area contributed by atoms with Gasteiger partial charge in [0.2, 0.25) is 5.82 Å². The second-order valence-electron chi connectivity index (χ2n) is 4.35. The molecule has 0 bridgehead atoms. The molecular weight excluding hydrogens is 262 g/mol. The van der Waals surface area contributed by atoms with Crippen LogP contribution in [0, 0.1) is 17.2 Å². The lowest BCUT2D eigenvalue weighted by molar-refractivity contribution is 0.0217. The maximum absolute atomic E-state index is 8.81. The summed E-state index contributed by atoms with van der Waals surface area (Å²) in [6.07, 6.45) is -0.169. The van der Waals surface area contributed by atoms with Crippen LogP contribution in [0.4, 0.5) is 0 Å². The lowest BCUT2D eigenvalue weighted by Crippen LogP contribution is -2.12. The van der Waals surface area contributed by atoms with Gasteiger partial charge in [-0.3, -0.25) is 0 Å². The van der Waals surface area contributed by atoms with Gasteiger partial charge in [0.25, 0.3) is 5.89 Å². The van der Waals surface area contributed by atoms with Crippen LogP contribution in [-0.4, -0.2) is 16.7 Å². The molecule has 2 rings (SSSR count). The molecule has 0 saturated carbocycles. The zero-order valence-corrected chi connectivity index (χ0v) is 11.9. The first-order valence-electron chi connectivity index (χ1n) is 6.11. The van der Waals surface area contributed by atoms with Crippen LogP contribution < -0.4 is 0 Å². The minimum atomic E-state index is -0.169. The Balaban J connectivity index is 2.25. The molecule has 2 aromatic rings. The van der Waals surface area contributed by atoms with Gasteiger partial charge in [0, 0.05) is 6.61 Å². The Bertz CT molecular complexity index is 583. The Labute approximate surface area is 115 Å². The van der Waals surface area contributed by atoms with Crippen LogP contribution >= 0.6 is 11.3 Å². The van der Waals surface area contributed by atoms with E-state index in [1.54, 1.807) is 6.07 Å². The summed E-state index contributed by atoms with van der Waals surface area (Å²) in [5.74, 6) is 1.26. The molecule has 0 radical (unpaired) electrons. The predicted octanol–water partition coefficient (Wildman–Crippen LogP) is 3.40. The maximum Gasteiger partial charge on any atom is 0.268 e. The van der Waals surface area contributed by atoms with Crippen molar-refractivity contribution in [3.63, 3.8) is 0 Å². The van der Waals surface area contributed by atoms with Gasteiger partial charge in [0.15, 0.2) is 0 Å². The molecule has 100 valence electrons. The highest BCUT2D eigenvalue weighted by Crippen LogP contribution is 2.29. The minimum absolute atomic E-state index is 0.169. The lowest BCUT2D eigenvalue weighted by atomic mass is 10.1. The van der Waals surface area contributed by atoms with Crippen molar-refractivity contribution >= 4 is 11.3 Å². The van der Waals surface area contributed by atoms with E-state index in [-0.39, 0.29) is 12.0 Å². The van der Waals surface area contributed by atoms with E-state index in [4.69, 9.17) is 14.5 Å². The second-order valence-corrected chi connectivity index (χ2v) is 5.44. The highest BCUT2D eigenvalue weighted by atomic mass is 32.1. The van der Waals surface area contributed by atoms with E-state index < -0.39 is 0 Å². The summed E-state index contributed by atoms with van der Waals surface area (Å²) in [5.41, 5.74) is 0. The minimum Gasteiger partial charge on any atom is -0.370 e. The highest BCUT2D eigenvalue weighted by Gasteiger charge is 2.23. The Morgan fingerprint density at radius 2 is 2.26 bits per heavy atom. The Morgan fingerprint density at radius 1 is 1.47 bits per heavy atom. The zero-order valence-electron chi connectivity index (χ0n) is 11.1. The summed E-state index contributed by atoms with van der Waals surface area (Å²) in [6, 6.07) is 5.64. The summed E-state index contributed by atoms with van der Waals surface area (Å²) in [6.45, 7) is 6.64. The Hall–Kier alpha value is -1.71. The molecule has 1 atom stereocenters. The molecule has 0 aliphatic heterocycles. The number of hydrogen-bond donors (Lipinski definition) is 0. The van der Waals surface area contributed by atoms with Crippen LogP contribution in [-0.2, 0) is 4.74 Å². The standard InChI is InChI=1S/C13H15N3O2S/c1-4-17-11(8(2)3)12-15-13(18-16-12)10-6-5-9(7-14)19-10/h5-6,8,11H,4H2,1-3H3. The summed E-state index contributed by atoms with van der Waals surface area (Å²) in [7, 11) is 0. The summed E-state index contributed by atoms with van der Waals surface area (Å²) in [4.78, 5) is 5.79. The number of hydrogen-bond acceptors (Lipinski definition) is 6. The van der Waals surface area contributed by atoms with Gasteiger partial charge in [-0.25, -0.2) is 0 Å². The van der Waals surface area contributed by atoms with Gasteiger partial charge >= 0.3 is 0 Å². The average Bonchev–Trinajstić information content (AvgIpc) is 3.03. The maximum atomic E-state index is 8.81. The van der Waals surface area contributed by atoms with E-state index in [9.17, 15) is 0 Å². The molecule has 0 aliphatic rings. The smallest absolute Gasteiger partial charge is 0.268 e. The molecule has 0 spiro atoms.